The zero-order chi connectivity index (χ0) is 14.5. The van der Waals surface area contributed by atoms with Gasteiger partial charge < -0.3 is 9.73 Å². The first-order valence-corrected chi connectivity index (χ1v) is 7.42. The summed E-state index contributed by atoms with van der Waals surface area (Å²) in [6, 6.07) is 0. The molecule has 1 fully saturated rings. The first kappa shape index (κ1) is 15.0. The van der Waals surface area contributed by atoms with Crippen molar-refractivity contribution < 1.29 is 9.21 Å². The molecular weight excluding hydrogens is 256 g/mol. The fourth-order valence-corrected chi connectivity index (χ4v) is 2.44. The van der Waals surface area contributed by atoms with Crippen molar-refractivity contribution >= 4 is 5.91 Å². The number of aromatic nitrogens is 2. The lowest BCUT2D eigenvalue weighted by molar-refractivity contribution is -0.122. The van der Waals surface area contributed by atoms with Crippen LogP contribution >= 0.6 is 0 Å². The lowest BCUT2D eigenvalue weighted by Gasteiger charge is -2.29. The molecule has 6 nitrogen and oxygen atoms in total. The number of carbonyl (C=O) groups excluding carboxylic acids is 1. The van der Waals surface area contributed by atoms with Crippen molar-refractivity contribution in [3.63, 3.8) is 0 Å². The van der Waals surface area contributed by atoms with Gasteiger partial charge in [0.25, 0.3) is 0 Å². The number of hydrogen-bond donors (Lipinski definition) is 1. The van der Waals surface area contributed by atoms with E-state index in [1.165, 1.54) is 0 Å². The summed E-state index contributed by atoms with van der Waals surface area (Å²) in [5, 5.41) is 11.1. The van der Waals surface area contributed by atoms with Crippen LogP contribution < -0.4 is 5.32 Å². The second-order valence-corrected chi connectivity index (χ2v) is 5.64. The molecule has 6 heteroatoms. The van der Waals surface area contributed by atoms with Crippen LogP contribution in [0.1, 0.15) is 57.2 Å². The molecule has 1 N–H and O–H groups in total. The Labute approximate surface area is 119 Å². The van der Waals surface area contributed by atoms with E-state index in [4.69, 9.17) is 4.42 Å². The normalized spacial score (nSPS) is 17.6. The summed E-state index contributed by atoms with van der Waals surface area (Å²) < 4.78 is 5.72. The van der Waals surface area contributed by atoms with Crippen molar-refractivity contribution in [1.29, 1.82) is 0 Å². The molecular formula is C14H24N4O2. The van der Waals surface area contributed by atoms with Gasteiger partial charge in [-0.3, -0.25) is 9.69 Å². The molecule has 0 unspecified atom stereocenters. The number of piperidine rings is 1. The molecule has 1 saturated heterocycles. The van der Waals surface area contributed by atoms with E-state index in [0.29, 0.717) is 24.9 Å². The van der Waals surface area contributed by atoms with Gasteiger partial charge in [0.05, 0.1) is 6.54 Å². The van der Waals surface area contributed by atoms with Crippen LogP contribution in [0.4, 0.5) is 0 Å². The third-order valence-electron chi connectivity index (χ3n) is 3.63. The quantitative estimate of drug-likeness (QED) is 0.885. The zero-order valence-electron chi connectivity index (χ0n) is 12.6. The van der Waals surface area contributed by atoms with Gasteiger partial charge in [-0.05, 0) is 32.9 Å². The van der Waals surface area contributed by atoms with E-state index in [9.17, 15) is 4.79 Å². The maximum absolute atomic E-state index is 11.5. The van der Waals surface area contributed by atoms with E-state index in [2.05, 4.69) is 20.4 Å². The Hall–Kier alpha value is -1.43. The summed E-state index contributed by atoms with van der Waals surface area (Å²) in [4.78, 5) is 13.7. The molecule has 0 atom stereocenters. The van der Waals surface area contributed by atoms with Crippen LogP contribution in [0.25, 0.3) is 0 Å². The Bertz CT molecular complexity index is 436. The number of carbonyl (C=O) groups is 1. The van der Waals surface area contributed by atoms with Gasteiger partial charge >= 0.3 is 0 Å². The first-order chi connectivity index (χ1) is 9.60. The highest BCUT2D eigenvalue weighted by atomic mass is 16.4. The van der Waals surface area contributed by atoms with Crippen LogP contribution in [0.3, 0.4) is 0 Å². The van der Waals surface area contributed by atoms with Gasteiger partial charge in [0, 0.05) is 18.4 Å². The van der Waals surface area contributed by atoms with Crippen LogP contribution in [0.5, 0.6) is 0 Å². The molecule has 112 valence electrons. The van der Waals surface area contributed by atoms with Crippen molar-refractivity contribution in [1.82, 2.24) is 20.4 Å². The summed E-state index contributed by atoms with van der Waals surface area (Å²) in [6.45, 7) is 9.02. The summed E-state index contributed by atoms with van der Waals surface area (Å²) in [7, 11) is 0. The number of amides is 1. The maximum atomic E-state index is 11.5. The number of nitrogens with zero attached hydrogens (tertiary/aromatic N) is 3. The molecule has 0 bridgehead atoms. The minimum atomic E-state index is 0.103. The van der Waals surface area contributed by atoms with Crippen molar-refractivity contribution in [3.8, 4) is 0 Å². The van der Waals surface area contributed by atoms with E-state index in [1.54, 1.807) is 0 Å². The minimum absolute atomic E-state index is 0.103. The van der Waals surface area contributed by atoms with E-state index in [-0.39, 0.29) is 11.8 Å². The summed E-state index contributed by atoms with van der Waals surface area (Å²) in [5.41, 5.74) is 0. The first-order valence-electron chi connectivity index (χ1n) is 7.42. The monoisotopic (exact) mass is 280 g/mol. The molecule has 2 heterocycles. The molecule has 20 heavy (non-hydrogen) atoms. The molecule has 1 aromatic heterocycles. The third-order valence-corrected chi connectivity index (χ3v) is 3.63. The number of rotatable bonds is 5. The topological polar surface area (TPSA) is 71.3 Å². The van der Waals surface area contributed by atoms with E-state index >= 15 is 0 Å². The summed E-state index contributed by atoms with van der Waals surface area (Å²) in [6.07, 6.45) is 1.94. The highest BCUT2D eigenvalue weighted by molar-refractivity contribution is 5.77. The van der Waals surface area contributed by atoms with Gasteiger partial charge in [-0.15, -0.1) is 10.2 Å². The SMILES string of the molecule is CCNC(=O)CN1CCC(c2nnc(C(C)C)o2)CC1. The van der Waals surface area contributed by atoms with Crippen molar-refractivity contribution in [2.24, 2.45) is 0 Å². The lowest BCUT2D eigenvalue weighted by atomic mass is 9.97. The Balaban J connectivity index is 1.82. The zero-order valence-corrected chi connectivity index (χ0v) is 12.6. The van der Waals surface area contributed by atoms with Gasteiger partial charge in [-0.2, -0.15) is 0 Å². The van der Waals surface area contributed by atoms with Crippen molar-refractivity contribution in [2.75, 3.05) is 26.2 Å². The van der Waals surface area contributed by atoms with Crippen LogP contribution in [0, 0.1) is 0 Å². The minimum Gasteiger partial charge on any atom is -0.425 e. The average Bonchev–Trinajstić information content (AvgIpc) is 2.89. The van der Waals surface area contributed by atoms with E-state index < -0.39 is 0 Å². The van der Waals surface area contributed by atoms with Gasteiger partial charge in [0.1, 0.15) is 0 Å². The van der Waals surface area contributed by atoms with Crippen LogP contribution in [0.15, 0.2) is 4.42 Å². The molecule has 1 aliphatic heterocycles. The molecule has 0 saturated carbocycles. The Morgan fingerprint density at radius 1 is 1.40 bits per heavy atom. The predicted molar refractivity (Wildman–Crippen MR) is 75.5 cm³/mol. The van der Waals surface area contributed by atoms with Gasteiger partial charge in [0.2, 0.25) is 17.7 Å². The van der Waals surface area contributed by atoms with Crippen LogP contribution in [-0.4, -0.2) is 47.2 Å². The third kappa shape index (κ3) is 3.79. The molecule has 0 spiro atoms. The maximum Gasteiger partial charge on any atom is 0.234 e. The van der Waals surface area contributed by atoms with Gasteiger partial charge in [-0.25, -0.2) is 0 Å². The molecule has 0 aliphatic carbocycles. The molecule has 0 aromatic carbocycles. The van der Waals surface area contributed by atoms with E-state index in [0.717, 1.165) is 31.8 Å². The van der Waals surface area contributed by atoms with Crippen LogP contribution in [-0.2, 0) is 4.79 Å². The highest BCUT2D eigenvalue weighted by Crippen LogP contribution is 2.28. The number of likely N-dealkylation sites (N-methyl/N-ethyl adjacent to an activating group) is 1. The second-order valence-electron chi connectivity index (χ2n) is 5.64. The Morgan fingerprint density at radius 3 is 2.65 bits per heavy atom. The summed E-state index contributed by atoms with van der Waals surface area (Å²) in [5.74, 6) is 2.18. The number of hydrogen-bond acceptors (Lipinski definition) is 5. The fraction of sp³-hybridized carbons (Fsp3) is 0.786. The van der Waals surface area contributed by atoms with Gasteiger partial charge in [0.15, 0.2) is 0 Å². The lowest BCUT2D eigenvalue weighted by Crippen LogP contribution is -2.41. The predicted octanol–water partition coefficient (Wildman–Crippen LogP) is 1.51. The standard InChI is InChI=1S/C14H24N4O2/c1-4-15-12(19)9-18-7-5-11(6-8-18)14-17-16-13(20-14)10(2)3/h10-11H,4-9H2,1-3H3,(H,15,19). The molecule has 1 aliphatic rings. The molecule has 1 aromatic rings. The smallest absolute Gasteiger partial charge is 0.234 e. The molecule has 2 rings (SSSR count). The average molecular weight is 280 g/mol. The number of nitrogens with one attached hydrogen (secondary N) is 1. The van der Waals surface area contributed by atoms with E-state index in [1.807, 2.05) is 20.8 Å². The molecule has 0 radical (unpaired) electrons. The number of likely N-dealkylation sites (tertiary alicyclic amines) is 1. The second kappa shape index (κ2) is 6.83. The molecule has 1 amide bonds. The Morgan fingerprint density at radius 2 is 2.10 bits per heavy atom. The largest absolute Gasteiger partial charge is 0.425 e. The van der Waals surface area contributed by atoms with Crippen molar-refractivity contribution in [2.45, 2.75) is 45.4 Å². The fourth-order valence-electron chi connectivity index (χ4n) is 2.44. The summed E-state index contributed by atoms with van der Waals surface area (Å²) >= 11 is 0. The van der Waals surface area contributed by atoms with Gasteiger partial charge in [-0.1, -0.05) is 13.8 Å². The van der Waals surface area contributed by atoms with Crippen LogP contribution in [0.2, 0.25) is 0 Å². The van der Waals surface area contributed by atoms with Crippen molar-refractivity contribution in [3.05, 3.63) is 11.8 Å². The Kier molecular flexibility index (Phi) is 5.11. The highest BCUT2D eigenvalue weighted by Gasteiger charge is 2.26.